The molecule has 32 heavy (non-hydrogen) atoms. The Hall–Kier alpha value is -2.75. The quantitative estimate of drug-likeness (QED) is 0.646. The van der Waals surface area contributed by atoms with Gasteiger partial charge in [-0.15, -0.1) is 0 Å². The van der Waals surface area contributed by atoms with Crippen molar-refractivity contribution >= 4 is 21.8 Å². The third-order valence-corrected chi connectivity index (χ3v) is 8.02. The van der Waals surface area contributed by atoms with E-state index in [2.05, 4.69) is 27.9 Å². The van der Waals surface area contributed by atoms with Crippen LogP contribution < -0.4 is 10.9 Å². The van der Waals surface area contributed by atoms with E-state index in [-0.39, 0.29) is 22.3 Å². The lowest BCUT2D eigenvalue weighted by Gasteiger charge is -2.34. The fraction of sp³-hybridized carbons (Fsp3) is 0.391. The molecule has 1 heterocycles. The van der Waals surface area contributed by atoms with Crippen LogP contribution in [0.15, 0.2) is 59.5 Å². The zero-order chi connectivity index (χ0) is 22.6. The Morgan fingerprint density at radius 2 is 1.53 bits per heavy atom. The Morgan fingerprint density at radius 1 is 0.875 bits per heavy atom. The summed E-state index contributed by atoms with van der Waals surface area (Å²) in [4.78, 5) is 26.5. The van der Waals surface area contributed by atoms with E-state index >= 15 is 0 Å². The second kappa shape index (κ2) is 9.81. The molecule has 1 saturated carbocycles. The van der Waals surface area contributed by atoms with E-state index in [1.54, 1.807) is 0 Å². The van der Waals surface area contributed by atoms with E-state index in [1.807, 2.05) is 18.2 Å². The molecule has 0 radical (unpaired) electrons. The maximum absolute atomic E-state index is 13.0. The van der Waals surface area contributed by atoms with Gasteiger partial charge in [-0.25, -0.2) is 8.42 Å². The monoisotopic (exact) mass is 456 g/mol. The molecule has 2 fully saturated rings. The Labute approximate surface area is 188 Å². The Morgan fingerprint density at radius 3 is 2.12 bits per heavy atom. The molecule has 2 aliphatic rings. The van der Waals surface area contributed by atoms with E-state index in [0.717, 1.165) is 25.8 Å². The first-order valence-electron chi connectivity index (χ1n) is 10.9. The van der Waals surface area contributed by atoms with Gasteiger partial charge in [-0.05, 0) is 42.7 Å². The second-order valence-electron chi connectivity index (χ2n) is 8.26. The molecule has 8 nitrogen and oxygen atoms in total. The highest BCUT2D eigenvalue weighted by molar-refractivity contribution is 7.89. The number of piperazine rings is 1. The minimum absolute atomic E-state index is 0.0315. The van der Waals surface area contributed by atoms with E-state index < -0.39 is 15.9 Å². The van der Waals surface area contributed by atoms with Gasteiger partial charge in [0.2, 0.25) is 15.9 Å². The van der Waals surface area contributed by atoms with Gasteiger partial charge in [-0.3, -0.25) is 25.3 Å². The summed E-state index contributed by atoms with van der Waals surface area (Å²) in [5, 5.41) is 0. The van der Waals surface area contributed by atoms with E-state index in [0.29, 0.717) is 26.2 Å². The molecule has 4 rings (SSSR count). The van der Waals surface area contributed by atoms with Gasteiger partial charge in [-0.2, -0.15) is 4.31 Å². The minimum atomic E-state index is -3.63. The first kappa shape index (κ1) is 22.4. The molecule has 1 aliphatic heterocycles. The first-order valence-corrected chi connectivity index (χ1v) is 12.3. The molecule has 1 saturated heterocycles. The lowest BCUT2D eigenvalue weighted by Crippen LogP contribution is -2.48. The van der Waals surface area contributed by atoms with Crippen LogP contribution in [0, 0.1) is 5.92 Å². The zero-order valence-electron chi connectivity index (χ0n) is 17.9. The fourth-order valence-corrected chi connectivity index (χ4v) is 5.28. The van der Waals surface area contributed by atoms with Gasteiger partial charge in [0.05, 0.1) is 4.90 Å². The molecule has 0 bridgehead atoms. The highest BCUT2D eigenvalue weighted by Crippen LogP contribution is 2.26. The van der Waals surface area contributed by atoms with Crippen molar-refractivity contribution in [1.82, 2.24) is 20.1 Å². The molecule has 0 spiro atoms. The fourth-order valence-electron chi connectivity index (χ4n) is 3.86. The van der Waals surface area contributed by atoms with Crippen LogP contribution >= 0.6 is 0 Å². The van der Waals surface area contributed by atoms with Crippen LogP contribution in [0.1, 0.15) is 35.2 Å². The summed E-state index contributed by atoms with van der Waals surface area (Å²) in [6.45, 7) is 2.97. The number of carbonyl (C=O) groups is 2. The zero-order valence-corrected chi connectivity index (χ0v) is 18.7. The number of rotatable bonds is 6. The molecule has 0 aromatic heterocycles. The molecule has 2 aromatic carbocycles. The molecule has 9 heteroatoms. The van der Waals surface area contributed by atoms with Crippen LogP contribution in [0.5, 0.6) is 0 Å². The number of sulfonamides is 1. The van der Waals surface area contributed by atoms with Crippen molar-refractivity contribution in [1.29, 1.82) is 0 Å². The standard InChI is InChI=1S/C23H28N4O4S/c28-22(19-7-4-8-19)24-25-23(29)20-9-11-21(12-10-20)32(30,31)27-15-13-26(14-16-27)17-18-5-2-1-3-6-18/h1-3,5-6,9-12,19H,4,7-8,13-17H2,(H,24,28)(H,25,29). The number of benzene rings is 2. The lowest BCUT2D eigenvalue weighted by molar-refractivity contribution is -0.128. The summed E-state index contributed by atoms with van der Waals surface area (Å²) in [6.07, 6.45) is 2.72. The van der Waals surface area contributed by atoms with Gasteiger partial charge in [0.15, 0.2) is 0 Å². The maximum atomic E-state index is 13.0. The normalized spacial score (nSPS) is 18.0. The van der Waals surface area contributed by atoms with Gasteiger partial charge >= 0.3 is 0 Å². The van der Waals surface area contributed by atoms with Crippen LogP contribution in [-0.2, 0) is 21.4 Å². The van der Waals surface area contributed by atoms with Crippen LogP contribution in [-0.4, -0.2) is 55.6 Å². The van der Waals surface area contributed by atoms with Gasteiger partial charge in [-0.1, -0.05) is 36.8 Å². The first-order chi connectivity index (χ1) is 15.4. The van der Waals surface area contributed by atoms with Crippen LogP contribution in [0.2, 0.25) is 0 Å². The number of amides is 2. The Bertz CT molecular complexity index is 1050. The predicted octanol–water partition coefficient (Wildman–Crippen LogP) is 1.75. The van der Waals surface area contributed by atoms with Crippen molar-refractivity contribution in [3.63, 3.8) is 0 Å². The van der Waals surface area contributed by atoms with Crippen molar-refractivity contribution < 1.29 is 18.0 Å². The highest BCUT2D eigenvalue weighted by atomic mass is 32.2. The summed E-state index contributed by atoms with van der Waals surface area (Å²) in [5.74, 6) is -0.692. The smallest absolute Gasteiger partial charge is 0.269 e. The molecule has 2 aromatic rings. The van der Waals surface area contributed by atoms with Crippen molar-refractivity contribution in [3.05, 3.63) is 65.7 Å². The molecular weight excluding hydrogens is 428 g/mol. The van der Waals surface area contributed by atoms with E-state index in [9.17, 15) is 18.0 Å². The van der Waals surface area contributed by atoms with Crippen LogP contribution in [0.3, 0.4) is 0 Å². The predicted molar refractivity (Wildman–Crippen MR) is 120 cm³/mol. The van der Waals surface area contributed by atoms with Crippen LogP contribution in [0.25, 0.3) is 0 Å². The van der Waals surface area contributed by atoms with Crippen molar-refractivity contribution in [2.24, 2.45) is 5.92 Å². The number of nitrogens with zero attached hydrogens (tertiary/aromatic N) is 2. The van der Waals surface area contributed by atoms with Crippen molar-refractivity contribution in [3.8, 4) is 0 Å². The Kier molecular flexibility index (Phi) is 6.88. The summed E-state index contributed by atoms with van der Waals surface area (Å²) in [7, 11) is -3.63. The molecule has 2 amide bonds. The van der Waals surface area contributed by atoms with Gasteiger partial charge < -0.3 is 0 Å². The van der Waals surface area contributed by atoms with Crippen LogP contribution in [0.4, 0.5) is 0 Å². The maximum Gasteiger partial charge on any atom is 0.269 e. The second-order valence-corrected chi connectivity index (χ2v) is 10.2. The van der Waals surface area contributed by atoms with Crippen molar-refractivity contribution in [2.45, 2.75) is 30.7 Å². The third kappa shape index (κ3) is 5.17. The molecule has 0 unspecified atom stereocenters. The van der Waals surface area contributed by atoms with Gasteiger partial charge in [0, 0.05) is 44.2 Å². The topological polar surface area (TPSA) is 98.8 Å². The molecule has 0 atom stereocenters. The minimum Gasteiger partial charge on any atom is -0.296 e. The summed E-state index contributed by atoms with van der Waals surface area (Å²) < 4.78 is 27.5. The number of hydrogen-bond acceptors (Lipinski definition) is 5. The van der Waals surface area contributed by atoms with Gasteiger partial charge in [0.25, 0.3) is 5.91 Å². The number of hydrogen-bond donors (Lipinski definition) is 2. The average Bonchev–Trinajstić information content (AvgIpc) is 2.77. The number of hydrazine groups is 1. The molecule has 2 N–H and O–H groups in total. The summed E-state index contributed by atoms with van der Waals surface area (Å²) >= 11 is 0. The third-order valence-electron chi connectivity index (χ3n) is 6.11. The Balaban J connectivity index is 1.31. The lowest BCUT2D eigenvalue weighted by atomic mass is 9.85. The SMILES string of the molecule is O=C(NNC(=O)C1CCC1)c1ccc(S(=O)(=O)N2CCN(Cc3ccccc3)CC2)cc1. The van der Waals surface area contributed by atoms with E-state index in [1.165, 1.54) is 34.1 Å². The largest absolute Gasteiger partial charge is 0.296 e. The number of carbonyl (C=O) groups excluding carboxylic acids is 2. The average molecular weight is 457 g/mol. The van der Waals surface area contributed by atoms with Gasteiger partial charge in [0.1, 0.15) is 0 Å². The van der Waals surface area contributed by atoms with E-state index in [4.69, 9.17) is 0 Å². The van der Waals surface area contributed by atoms with Crippen molar-refractivity contribution in [2.75, 3.05) is 26.2 Å². The molecular formula is C23H28N4O4S. The molecule has 170 valence electrons. The molecule has 1 aliphatic carbocycles. The number of nitrogens with one attached hydrogen (secondary N) is 2. The summed E-state index contributed by atoms with van der Waals surface area (Å²) in [5.41, 5.74) is 6.31. The summed E-state index contributed by atoms with van der Waals surface area (Å²) in [6, 6.07) is 15.9. The highest BCUT2D eigenvalue weighted by Gasteiger charge is 2.29.